The maximum absolute atomic E-state index is 15.2. The number of amides is 1. The standard InChI is InChI=1S/C23H23FN6O2S2/c1-32-15-3-4-16(17(24)11-15)21-22(25-12-20(31)29-6-8-34-9-7-29)28-23(33)30(21)14-2-5-18-19(10-14)27-13-26-18/h2-5,10-11,13,25H,6-9,12H2,1H3,(H,26,27)(H,28,33). The molecular weight excluding hydrogens is 475 g/mol. The minimum absolute atomic E-state index is 0.00704. The predicted molar refractivity (Wildman–Crippen MR) is 135 cm³/mol. The Hall–Kier alpha value is -3.31. The summed E-state index contributed by atoms with van der Waals surface area (Å²) >= 11 is 7.48. The van der Waals surface area contributed by atoms with Gasteiger partial charge in [0.1, 0.15) is 17.4 Å². The summed E-state index contributed by atoms with van der Waals surface area (Å²) in [6.07, 6.45) is 1.62. The molecule has 5 rings (SSSR count). The van der Waals surface area contributed by atoms with Gasteiger partial charge in [0.2, 0.25) is 5.91 Å². The third-order valence-corrected chi connectivity index (χ3v) is 7.00. The van der Waals surface area contributed by atoms with Crippen molar-refractivity contribution in [1.29, 1.82) is 0 Å². The molecule has 1 fully saturated rings. The lowest BCUT2D eigenvalue weighted by atomic mass is 10.1. The maximum atomic E-state index is 15.2. The molecule has 0 radical (unpaired) electrons. The summed E-state index contributed by atoms with van der Waals surface area (Å²) < 4.78 is 22.5. The number of fused-ring (bicyclic) bond motifs is 1. The van der Waals surface area contributed by atoms with Crippen molar-refractivity contribution >= 4 is 46.7 Å². The van der Waals surface area contributed by atoms with Gasteiger partial charge in [0.25, 0.3) is 0 Å². The van der Waals surface area contributed by atoms with Gasteiger partial charge in [-0.05, 0) is 42.5 Å². The van der Waals surface area contributed by atoms with Crippen LogP contribution in [0.5, 0.6) is 5.75 Å². The lowest BCUT2D eigenvalue weighted by Crippen LogP contribution is -2.41. The van der Waals surface area contributed by atoms with Crippen molar-refractivity contribution in [2.24, 2.45) is 0 Å². The molecule has 1 aliphatic rings. The van der Waals surface area contributed by atoms with E-state index in [9.17, 15) is 4.79 Å². The molecule has 2 aromatic carbocycles. The highest BCUT2D eigenvalue weighted by Crippen LogP contribution is 2.34. The summed E-state index contributed by atoms with van der Waals surface area (Å²) in [7, 11) is 1.49. The number of H-pyrrole nitrogens is 2. The number of ether oxygens (including phenoxy) is 1. The van der Waals surface area contributed by atoms with Crippen molar-refractivity contribution in [3.05, 3.63) is 53.3 Å². The molecule has 2 aromatic heterocycles. The van der Waals surface area contributed by atoms with Gasteiger partial charge in [0.15, 0.2) is 4.77 Å². The first-order valence-corrected chi connectivity index (χ1v) is 12.3. The van der Waals surface area contributed by atoms with E-state index in [2.05, 4.69) is 20.3 Å². The second kappa shape index (κ2) is 9.51. The fourth-order valence-electron chi connectivity index (χ4n) is 4.03. The quantitative estimate of drug-likeness (QED) is 0.345. The van der Waals surface area contributed by atoms with Crippen LogP contribution in [0.4, 0.5) is 10.2 Å². The highest BCUT2D eigenvalue weighted by molar-refractivity contribution is 7.99. The fourth-order valence-corrected chi connectivity index (χ4v) is 5.23. The van der Waals surface area contributed by atoms with Crippen LogP contribution in [-0.4, -0.2) is 68.6 Å². The van der Waals surface area contributed by atoms with Crippen LogP contribution in [0.15, 0.2) is 42.7 Å². The largest absolute Gasteiger partial charge is 0.497 e. The Morgan fingerprint density at radius 2 is 2.09 bits per heavy atom. The van der Waals surface area contributed by atoms with Crippen LogP contribution in [0.25, 0.3) is 28.0 Å². The van der Waals surface area contributed by atoms with E-state index in [1.165, 1.54) is 13.2 Å². The van der Waals surface area contributed by atoms with Crippen LogP contribution in [0, 0.1) is 10.6 Å². The molecule has 176 valence electrons. The molecule has 1 amide bonds. The van der Waals surface area contributed by atoms with Crippen molar-refractivity contribution in [3.63, 3.8) is 0 Å². The van der Waals surface area contributed by atoms with Gasteiger partial charge in [-0.25, -0.2) is 9.37 Å². The SMILES string of the molecule is COc1ccc(-c2c(NCC(=O)N3CCSCC3)[nH]c(=S)n2-c2ccc3nc[nH]c3c2)c(F)c1. The second-order valence-corrected chi connectivity index (χ2v) is 9.40. The van der Waals surface area contributed by atoms with E-state index in [1.54, 1.807) is 23.0 Å². The number of benzene rings is 2. The van der Waals surface area contributed by atoms with E-state index in [0.29, 0.717) is 27.6 Å². The summed E-state index contributed by atoms with van der Waals surface area (Å²) in [5.41, 5.74) is 3.19. The van der Waals surface area contributed by atoms with E-state index in [0.717, 1.165) is 41.3 Å². The number of thioether (sulfide) groups is 1. The highest BCUT2D eigenvalue weighted by Gasteiger charge is 2.22. The molecule has 1 saturated heterocycles. The Labute approximate surface area is 204 Å². The van der Waals surface area contributed by atoms with Gasteiger partial charge in [-0.1, -0.05) is 0 Å². The number of anilines is 1. The second-order valence-electron chi connectivity index (χ2n) is 7.79. The molecule has 0 saturated carbocycles. The molecule has 0 atom stereocenters. The number of carbonyl (C=O) groups is 1. The molecule has 4 aromatic rings. The number of imidazole rings is 2. The number of nitrogens with one attached hydrogen (secondary N) is 3. The first-order chi connectivity index (χ1) is 16.5. The summed E-state index contributed by atoms with van der Waals surface area (Å²) in [6.45, 7) is 1.53. The van der Waals surface area contributed by atoms with E-state index < -0.39 is 5.82 Å². The van der Waals surface area contributed by atoms with Crippen LogP contribution >= 0.6 is 24.0 Å². The average molecular weight is 499 g/mol. The molecule has 0 bridgehead atoms. The van der Waals surface area contributed by atoms with Crippen LogP contribution in [0.1, 0.15) is 0 Å². The van der Waals surface area contributed by atoms with Crippen molar-refractivity contribution in [2.45, 2.75) is 0 Å². The zero-order valence-corrected chi connectivity index (χ0v) is 20.1. The Balaban J connectivity index is 1.58. The maximum Gasteiger partial charge on any atom is 0.241 e. The van der Waals surface area contributed by atoms with E-state index in [4.69, 9.17) is 17.0 Å². The lowest BCUT2D eigenvalue weighted by Gasteiger charge is -2.26. The molecule has 3 heterocycles. The molecule has 0 aliphatic carbocycles. The minimum Gasteiger partial charge on any atom is -0.497 e. The van der Waals surface area contributed by atoms with Gasteiger partial charge in [0.05, 0.1) is 42.4 Å². The zero-order chi connectivity index (χ0) is 23.7. The Kier molecular flexibility index (Phi) is 6.29. The molecule has 0 spiro atoms. The fraction of sp³-hybridized carbons (Fsp3) is 0.261. The summed E-state index contributed by atoms with van der Waals surface area (Å²) in [6, 6.07) is 10.3. The smallest absolute Gasteiger partial charge is 0.241 e. The lowest BCUT2D eigenvalue weighted by molar-refractivity contribution is -0.128. The number of rotatable bonds is 6. The number of aromatic nitrogens is 4. The van der Waals surface area contributed by atoms with Gasteiger partial charge in [-0.2, -0.15) is 11.8 Å². The third kappa shape index (κ3) is 4.28. The number of carbonyl (C=O) groups excluding carboxylic acids is 1. The molecule has 0 unspecified atom stereocenters. The Bertz CT molecular complexity index is 1410. The van der Waals surface area contributed by atoms with Crippen LogP contribution in [0.3, 0.4) is 0 Å². The van der Waals surface area contributed by atoms with Crippen molar-refractivity contribution < 1.29 is 13.9 Å². The molecule has 8 nitrogen and oxygen atoms in total. The zero-order valence-electron chi connectivity index (χ0n) is 18.4. The van der Waals surface area contributed by atoms with Crippen molar-refractivity contribution in [3.8, 4) is 22.7 Å². The highest BCUT2D eigenvalue weighted by atomic mass is 32.2. The van der Waals surface area contributed by atoms with Gasteiger partial charge in [-0.3, -0.25) is 9.36 Å². The number of aromatic amines is 2. The van der Waals surface area contributed by atoms with Crippen LogP contribution < -0.4 is 10.1 Å². The third-order valence-electron chi connectivity index (χ3n) is 5.77. The van der Waals surface area contributed by atoms with Gasteiger partial charge >= 0.3 is 0 Å². The van der Waals surface area contributed by atoms with Crippen LogP contribution in [-0.2, 0) is 4.79 Å². The monoisotopic (exact) mass is 498 g/mol. The molecule has 11 heteroatoms. The topological polar surface area (TPSA) is 91.0 Å². The first kappa shape index (κ1) is 22.5. The van der Waals surface area contributed by atoms with Gasteiger partial charge in [0, 0.05) is 36.2 Å². The van der Waals surface area contributed by atoms with Crippen molar-refractivity contribution in [2.75, 3.05) is 43.6 Å². The summed E-state index contributed by atoms with van der Waals surface area (Å²) in [5.74, 6) is 2.28. The number of methoxy groups -OCH3 is 1. The molecular formula is C23H23FN6O2S2. The number of nitrogens with zero attached hydrogens (tertiary/aromatic N) is 3. The molecule has 34 heavy (non-hydrogen) atoms. The van der Waals surface area contributed by atoms with E-state index >= 15 is 4.39 Å². The average Bonchev–Trinajstić information content (AvgIpc) is 3.46. The number of halogens is 1. The normalized spacial score (nSPS) is 13.9. The molecule has 1 aliphatic heterocycles. The summed E-state index contributed by atoms with van der Waals surface area (Å²) in [5, 5.41) is 3.17. The van der Waals surface area contributed by atoms with E-state index in [-0.39, 0.29) is 12.5 Å². The number of hydrogen-bond donors (Lipinski definition) is 3. The van der Waals surface area contributed by atoms with Crippen LogP contribution in [0.2, 0.25) is 0 Å². The summed E-state index contributed by atoms with van der Waals surface area (Å²) in [4.78, 5) is 25.1. The van der Waals surface area contributed by atoms with E-state index in [1.807, 2.05) is 34.9 Å². The predicted octanol–water partition coefficient (Wildman–Crippen LogP) is 4.21. The Morgan fingerprint density at radius 1 is 1.26 bits per heavy atom. The van der Waals surface area contributed by atoms with Gasteiger partial charge < -0.3 is 24.9 Å². The number of hydrogen-bond acceptors (Lipinski definition) is 6. The van der Waals surface area contributed by atoms with Crippen molar-refractivity contribution in [1.82, 2.24) is 24.4 Å². The molecule has 3 N–H and O–H groups in total. The van der Waals surface area contributed by atoms with Gasteiger partial charge in [-0.15, -0.1) is 0 Å². The first-order valence-electron chi connectivity index (χ1n) is 10.8. The minimum atomic E-state index is -0.466. The Morgan fingerprint density at radius 3 is 2.85 bits per heavy atom.